The van der Waals surface area contributed by atoms with Crippen LogP contribution in [0.25, 0.3) is 0 Å². The smallest absolute Gasteiger partial charge is 0.273 e. The normalized spacial score (nSPS) is 10.5. The predicted octanol–water partition coefficient (Wildman–Crippen LogP) is 3.41. The molecule has 0 spiro atoms. The lowest BCUT2D eigenvalue weighted by Crippen LogP contribution is -2.26. The summed E-state index contributed by atoms with van der Waals surface area (Å²) in [4.78, 5) is 20.1. The Bertz CT molecular complexity index is 886. The first kappa shape index (κ1) is 17.9. The number of pyridine rings is 1. The zero-order chi connectivity index (χ0) is 18.4. The topological polar surface area (TPSA) is 77.2 Å². The van der Waals surface area contributed by atoms with E-state index < -0.39 is 5.82 Å². The Hall–Kier alpha value is -2.93. The molecule has 0 aliphatic rings. The minimum absolute atomic E-state index is 0.0321. The predicted molar refractivity (Wildman–Crippen MR) is 92.5 cm³/mol. The summed E-state index contributed by atoms with van der Waals surface area (Å²) in [5.41, 5.74) is 1.23. The van der Waals surface area contributed by atoms with Crippen molar-refractivity contribution >= 4 is 17.5 Å². The second kappa shape index (κ2) is 8.44. The second-order valence-corrected chi connectivity index (χ2v) is 5.76. The Morgan fingerprint density at radius 3 is 2.85 bits per heavy atom. The third kappa shape index (κ3) is 4.80. The van der Waals surface area contributed by atoms with Gasteiger partial charge in [-0.15, -0.1) is 0 Å². The molecular formula is C18H15ClFN3O3. The number of aromatic nitrogens is 2. The first-order valence-electron chi connectivity index (χ1n) is 7.81. The molecule has 0 bridgehead atoms. The van der Waals surface area contributed by atoms with Crippen LogP contribution in [0.2, 0.25) is 5.02 Å². The highest BCUT2D eigenvalue weighted by Gasteiger charge is 2.13. The van der Waals surface area contributed by atoms with Gasteiger partial charge in [-0.05, 0) is 42.3 Å². The number of hydrogen-bond acceptors (Lipinski definition) is 5. The van der Waals surface area contributed by atoms with Crippen molar-refractivity contribution in [1.29, 1.82) is 0 Å². The molecule has 0 fully saturated rings. The number of amides is 1. The van der Waals surface area contributed by atoms with Crippen molar-refractivity contribution in [3.8, 4) is 5.75 Å². The average molecular weight is 376 g/mol. The lowest BCUT2D eigenvalue weighted by atomic mass is 10.2. The number of rotatable bonds is 7. The minimum atomic E-state index is -0.454. The van der Waals surface area contributed by atoms with Crippen LogP contribution in [0.3, 0.4) is 0 Å². The Morgan fingerprint density at radius 2 is 2.08 bits per heavy atom. The summed E-state index contributed by atoms with van der Waals surface area (Å²) in [5.74, 6) is -0.280. The highest BCUT2D eigenvalue weighted by Crippen LogP contribution is 2.25. The molecule has 1 aromatic carbocycles. The Kier molecular flexibility index (Phi) is 5.80. The lowest BCUT2D eigenvalue weighted by molar-refractivity contribution is 0.0949. The van der Waals surface area contributed by atoms with Crippen molar-refractivity contribution in [2.75, 3.05) is 6.54 Å². The summed E-state index contributed by atoms with van der Waals surface area (Å²) < 4.78 is 23.6. The molecule has 3 aromatic rings. The monoisotopic (exact) mass is 375 g/mol. The first-order valence-corrected chi connectivity index (χ1v) is 8.19. The number of halogens is 2. The van der Waals surface area contributed by atoms with Crippen LogP contribution in [0.5, 0.6) is 5.75 Å². The van der Waals surface area contributed by atoms with Crippen LogP contribution in [0.1, 0.15) is 21.9 Å². The molecule has 0 aliphatic heterocycles. The molecule has 1 amide bonds. The third-order valence-electron chi connectivity index (χ3n) is 3.48. The van der Waals surface area contributed by atoms with E-state index in [0.29, 0.717) is 18.7 Å². The van der Waals surface area contributed by atoms with Crippen LogP contribution in [0, 0.1) is 5.82 Å². The largest absolute Gasteiger partial charge is 0.482 e. The van der Waals surface area contributed by atoms with E-state index in [2.05, 4.69) is 15.3 Å². The van der Waals surface area contributed by atoms with Gasteiger partial charge in [-0.3, -0.25) is 9.78 Å². The number of carbonyl (C=O) groups excluding carboxylic acids is 1. The number of ether oxygens (including phenoxy) is 1. The van der Waals surface area contributed by atoms with E-state index in [1.165, 1.54) is 18.4 Å². The fourth-order valence-corrected chi connectivity index (χ4v) is 2.40. The van der Waals surface area contributed by atoms with Gasteiger partial charge in [0, 0.05) is 18.9 Å². The van der Waals surface area contributed by atoms with Gasteiger partial charge in [0.2, 0.25) is 5.89 Å². The van der Waals surface area contributed by atoms with Crippen LogP contribution in [-0.2, 0) is 13.0 Å². The van der Waals surface area contributed by atoms with Gasteiger partial charge in [-0.1, -0.05) is 11.6 Å². The van der Waals surface area contributed by atoms with Crippen LogP contribution in [0.15, 0.2) is 53.4 Å². The van der Waals surface area contributed by atoms with E-state index in [9.17, 15) is 9.18 Å². The maximum Gasteiger partial charge on any atom is 0.273 e. The van der Waals surface area contributed by atoms with E-state index in [0.717, 1.165) is 11.6 Å². The molecule has 2 aromatic heterocycles. The van der Waals surface area contributed by atoms with Gasteiger partial charge < -0.3 is 14.5 Å². The fourth-order valence-electron chi connectivity index (χ4n) is 2.17. The van der Waals surface area contributed by atoms with E-state index in [-0.39, 0.29) is 29.1 Å². The summed E-state index contributed by atoms with van der Waals surface area (Å²) in [6.45, 7) is 0.433. The van der Waals surface area contributed by atoms with Crippen molar-refractivity contribution in [3.05, 3.63) is 77.0 Å². The van der Waals surface area contributed by atoms with Crippen molar-refractivity contribution in [3.63, 3.8) is 0 Å². The van der Waals surface area contributed by atoms with E-state index in [1.54, 1.807) is 12.4 Å². The number of oxazole rings is 1. The van der Waals surface area contributed by atoms with Crippen molar-refractivity contribution in [1.82, 2.24) is 15.3 Å². The van der Waals surface area contributed by atoms with Crippen molar-refractivity contribution in [2.24, 2.45) is 0 Å². The molecule has 0 aliphatic carbocycles. The molecule has 6 nitrogen and oxygen atoms in total. The zero-order valence-electron chi connectivity index (χ0n) is 13.6. The van der Waals surface area contributed by atoms with Crippen LogP contribution in [-0.4, -0.2) is 22.4 Å². The Balaban J connectivity index is 1.49. The molecule has 2 heterocycles. The summed E-state index contributed by atoms with van der Waals surface area (Å²) in [6, 6.07) is 7.57. The molecule has 0 atom stereocenters. The molecule has 8 heteroatoms. The summed E-state index contributed by atoms with van der Waals surface area (Å²) in [5, 5.41) is 2.91. The van der Waals surface area contributed by atoms with Gasteiger partial charge in [0.25, 0.3) is 5.91 Å². The van der Waals surface area contributed by atoms with Crippen LogP contribution < -0.4 is 10.1 Å². The molecule has 134 valence electrons. The third-order valence-corrected chi connectivity index (χ3v) is 3.77. The van der Waals surface area contributed by atoms with Gasteiger partial charge in [0.1, 0.15) is 17.8 Å². The summed E-state index contributed by atoms with van der Waals surface area (Å²) in [6.07, 6.45) is 5.35. The van der Waals surface area contributed by atoms with Gasteiger partial charge in [-0.25, -0.2) is 9.37 Å². The molecule has 0 saturated heterocycles. The van der Waals surface area contributed by atoms with Gasteiger partial charge in [0.15, 0.2) is 12.3 Å². The number of carbonyl (C=O) groups is 1. The Morgan fingerprint density at radius 1 is 1.27 bits per heavy atom. The standard InChI is InChI=1S/C18H15ClFN3O3/c19-14-9-13(20)1-2-16(14)25-11-17-23-15(10-26-17)18(24)22-8-5-12-3-6-21-7-4-12/h1-4,6-7,9-10H,5,8,11H2,(H,22,24). The van der Waals surface area contributed by atoms with E-state index >= 15 is 0 Å². The number of nitrogens with one attached hydrogen (secondary N) is 1. The van der Waals surface area contributed by atoms with Gasteiger partial charge in [0.05, 0.1) is 5.02 Å². The van der Waals surface area contributed by atoms with E-state index in [4.69, 9.17) is 20.8 Å². The second-order valence-electron chi connectivity index (χ2n) is 5.35. The molecule has 0 saturated carbocycles. The summed E-state index contributed by atoms with van der Waals surface area (Å²) in [7, 11) is 0. The SMILES string of the molecule is O=C(NCCc1ccncc1)c1coc(COc2ccc(F)cc2Cl)n1. The number of nitrogens with zero attached hydrogens (tertiary/aromatic N) is 2. The van der Waals surface area contributed by atoms with Crippen molar-refractivity contribution < 1.29 is 18.3 Å². The van der Waals surface area contributed by atoms with Crippen molar-refractivity contribution in [2.45, 2.75) is 13.0 Å². The molecule has 1 N–H and O–H groups in total. The molecule has 3 rings (SSSR count). The van der Waals surface area contributed by atoms with Gasteiger partial charge in [-0.2, -0.15) is 0 Å². The zero-order valence-corrected chi connectivity index (χ0v) is 14.4. The molecule has 26 heavy (non-hydrogen) atoms. The quantitative estimate of drug-likeness (QED) is 0.684. The van der Waals surface area contributed by atoms with Gasteiger partial charge >= 0.3 is 0 Å². The van der Waals surface area contributed by atoms with E-state index in [1.807, 2.05) is 12.1 Å². The molecule has 0 unspecified atom stereocenters. The lowest BCUT2D eigenvalue weighted by Gasteiger charge is -2.05. The highest BCUT2D eigenvalue weighted by atomic mass is 35.5. The van der Waals surface area contributed by atoms with Crippen LogP contribution >= 0.6 is 11.6 Å². The van der Waals surface area contributed by atoms with Crippen LogP contribution in [0.4, 0.5) is 4.39 Å². The first-order chi connectivity index (χ1) is 12.6. The molecular weight excluding hydrogens is 361 g/mol. The Labute approximate surface area is 154 Å². The number of benzene rings is 1. The molecule has 0 radical (unpaired) electrons. The minimum Gasteiger partial charge on any atom is -0.482 e. The fraction of sp³-hybridized carbons (Fsp3) is 0.167. The maximum atomic E-state index is 13.0. The highest BCUT2D eigenvalue weighted by molar-refractivity contribution is 6.32. The maximum absolute atomic E-state index is 13.0. The number of hydrogen-bond donors (Lipinski definition) is 1. The average Bonchev–Trinajstić information content (AvgIpc) is 3.11. The summed E-state index contributed by atoms with van der Waals surface area (Å²) >= 11 is 5.88.